The van der Waals surface area contributed by atoms with Crippen LogP contribution in [0.5, 0.6) is 0 Å². The Morgan fingerprint density at radius 2 is 1.58 bits per heavy atom. The first-order chi connectivity index (χ1) is 14.3. The Morgan fingerprint density at radius 3 is 2.19 bits per heavy atom. The van der Waals surface area contributed by atoms with Crippen LogP contribution in [0.25, 0.3) is 0 Å². The molecule has 0 amide bonds. The van der Waals surface area contributed by atoms with Crippen LogP contribution in [0, 0.1) is 28.1 Å². The number of esters is 3. The van der Waals surface area contributed by atoms with Crippen molar-refractivity contribution in [3.05, 3.63) is 0 Å². The average molecular weight is 440 g/mol. The molecule has 2 saturated carbocycles. The molecule has 0 bridgehead atoms. The minimum Gasteiger partial charge on any atom is -0.456 e. The summed E-state index contributed by atoms with van der Waals surface area (Å²) in [4.78, 5) is 38.3. The standard InChI is InChI=1S/C20H24O11/c1-5-12(24)28-11-8(22)18-10-6(21)7(16(2,3)4)17(18)9(23)13(25)30-15(17)31-20(18,14(26)29-10)19(5,11)27/h5-11,15,21-23,27H,1-4H3/t5-,6-,7+,8+,9+,10?,11+,15+,17+,18-,19-,20?/m1/s1. The Kier molecular flexibility index (Phi) is 3.15. The van der Waals surface area contributed by atoms with Gasteiger partial charge in [0, 0.05) is 5.92 Å². The van der Waals surface area contributed by atoms with Crippen LogP contribution in [0.3, 0.4) is 0 Å². The zero-order chi connectivity index (χ0) is 22.7. The number of fused-ring (bicyclic) bond motifs is 1. The van der Waals surface area contributed by atoms with Gasteiger partial charge in [0.25, 0.3) is 0 Å². The second-order valence-corrected chi connectivity index (χ2v) is 10.8. The molecule has 0 aromatic heterocycles. The number of aliphatic hydroxyl groups excluding tert-OH is 3. The van der Waals surface area contributed by atoms with Crippen LogP contribution in [0.1, 0.15) is 27.7 Å². The normalized spacial score (nSPS) is 61.0. The zero-order valence-corrected chi connectivity index (χ0v) is 17.3. The number of carbonyl (C=O) groups excluding carboxylic acids is 3. The number of hydrogen-bond donors (Lipinski definition) is 4. The molecule has 12 atom stereocenters. The van der Waals surface area contributed by atoms with Crippen LogP contribution in [0.2, 0.25) is 0 Å². The van der Waals surface area contributed by atoms with Crippen molar-refractivity contribution in [1.82, 2.24) is 0 Å². The van der Waals surface area contributed by atoms with E-state index in [9.17, 15) is 34.8 Å². The molecule has 4 saturated heterocycles. The van der Waals surface area contributed by atoms with Gasteiger partial charge in [0.05, 0.1) is 22.9 Å². The van der Waals surface area contributed by atoms with Gasteiger partial charge in [-0.25, -0.2) is 9.59 Å². The lowest BCUT2D eigenvalue weighted by molar-refractivity contribution is -0.240. The maximum atomic E-state index is 13.4. The number of rotatable bonds is 0. The molecule has 2 unspecified atom stereocenters. The summed E-state index contributed by atoms with van der Waals surface area (Å²) < 4.78 is 22.2. The molecule has 11 heteroatoms. The summed E-state index contributed by atoms with van der Waals surface area (Å²) in [5.41, 5.74) is -9.40. The fourth-order valence-electron chi connectivity index (χ4n) is 8.27. The van der Waals surface area contributed by atoms with Crippen molar-refractivity contribution >= 4 is 17.9 Å². The van der Waals surface area contributed by atoms with Crippen LogP contribution in [0.4, 0.5) is 0 Å². The molecule has 4 heterocycles. The van der Waals surface area contributed by atoms with Crippen LogP contribution in [-0.2, 0) is 33.3 Å². The van der Waals surface area contributed by atoms with E-state index in [0.717, 1.165) is 0 Å². The van der Waals surface area contributed by atoms with Crippen molar-refractivity contribution in [3.63, 3.8) is 0 Å². The Bertz CT molecular complexity index is 957. The lowest BCUT2D eigenvalue weighted by atomic mass is 9.51. The topological polar surface area (TPSA) is 169 Å². The molecule has 6 rings (SSSR count). The summed E-state index contributed by atoms with van der Waals surface area (Å²) >= 11 is 0. The fourth-order valence-corrected chi connectivity index (χ4v) is 8.27. The summed E-state index contributed by atoms with van der Waals surface area (Å²) in [6.45, 7) is 6.63. The molecule has 2 aliphatic carbocycles. The maximum absolute atomic E-state index is 13.4. The third-order valence-electron chi connectivity index (χ3n) is 8.95. The monoisotopic (exact) mass is 440 g/mol. The van der Waals surface area contributed by atoms with Gasteiger partial charge in [-0.3, -0.25) is 4.79 Å². The average Bonchev–Trinajstić information content (AvgIpc) is 3.35. The highest BCUT2D eigenvalue weighted by Crippen LogP contribution is 2.84. The summed E-state index contributed by atoms with van der Waals surface area (Å²) in [7, 11) is 0. The van der Waals surface area contributed by atoms with Crippen molar-refractivity contribution in [2.75, 3.05) is 0 Å². The van der Waals surface area contributed by atoms with Crippen LogP contribution in [-0.4, -0.2) is 86.3 Å². The van der Waals surface area contributed by atoms with E-state index in [1.165, 1.54) is 6.92 Å². The number of aliphatic hydroxyl groups is 4. The molecular formula is C20H24O11. The van der Waals surface area contributed by atoms with E-state index < -0.39 is 94.0 Å². The Labute approximate surface area is 176 Å². The van der Waals surface area contributed by atoms with Gasteiger partial charge in [0.1, 0.15) is 12.2 Å². The van der Waals surface area contributed by atoms with Gasteiger partial charge in [-0.1, -0.05) is 20.8 Å². The van der Waals surface area contributed by atoms with Crippen molar-refractivity contribution in [3.8, 4) is 0 Å². The minimum absolute atomic E-state index is 0.792. The van der Waals surface area contributed by atoms with Crippen molar-refractivity contribution in [2.45, 2.75) is 75.7 Å². The highest BCUT2D eigenvalue weighted by atomic mass is 16.8. The molecule has 170 valence electrons. The van der Waals surface area contributed by atoms with E-state index in [4.69, 9.17) is 18.9 Å². The highest BCUT2D eigenvalue weighted by Gasteiger charge is 3.05. The van der Waals surface area contributed by atoms with Gasteiger partial charge in [-0.15, -0.1) is 0 Å². The molecule has 31 heavy (non-hydrogen) atoms. The van der Waals surface area contributed by atoms with E-state index in [1.807, 2.05) is 0 Å². The first kappa shape index (κ1) is 19.9. The summed E-state index contributed by atoms with van der Waals surface area (Å²) in [6, 6.07) is 0. The lowest BCUT2D eigenvalue weighted by Gasteiger charge is -2.47. The lowest BCUT2D eigenvalue weighted by Crippen LogP contribution is -2.67. The van der Waals surface area contributed by atoms with Gasteiger partial charge in [-0.05, 0) is 12.3 Å². The quantitative estimate of drug-likeness (QED) is 0.234. The maximum Gasteiger partial charge on any atom is 0.343 e. The molecule has 0 aromatic rings. The molecule has 0 aromatic carbocycles. The van der Waals surface area contributed by atoms with E-state index in [-0.39, 0.29) is 0 Å². The summed E-state index contributed by atoms with van der Waals surface area (Å²) in [5, 5.41) is 46.1. The van der Waals surface area contributed by atoms with Crippen molar-refractivity contribution < 1.29 is 53.8 Å². The van der Waals surface area contributed by atoms with E-state index >= 15 is 0 Å². The molecular weight excluding hydrogens is 416 g/mol. The zero-order valence-electron chi connectivity index (χ0n) is 17.3. The second-order valence-electron chi connectivity index (χ2n) is 10.8. The number of ether oxygens (including phenoxy) is 4. The first-order valence-electron chi connectivity index (χ1n) is 10.3. The molecule has 6 fully saturated rings. The molecule has 0 radical (unpaired) electrons. The Morgan fingerprint density at radius 1 is 0.935 bits per heavy atom. The predicted molar refractivity (Wildman–Crippen MR) is 93.4 cm³/mol. The molecule has 6 aliphatic rings. The molecule has 4 aliphatic heterocycles. The van der Waals surface area contributed by atoms with E-state index in [2.05, 4.69) is 0 Å². The summed E-state index contributed by atoms with van der Waals surface area (Å²) in [6.07, 6.45) is -9.69. The third kappa shape index (κ3) is 1.43. The SMILES string of the molecule is C[C@@H]1C(=O)O[C@H]2[C@H](O)[C@]34C5OC(=O)C3(O[C@@H]3OC(=O)[C@H](O)[C@@]34[C@H](C(C)(C)C)[C@H]5O)[C@@]12O. The Balaban J connectivity index is 1.75. The number of hydrogen-bond acceptors (Lipinski definition) is 11. The highest BCUT2D eigenvalue weighted by molar-refractivity contribution is 5.94. The van der Waals surface area contributed by atoms with Gasteiger partial charge in [0.15, 0.2) is 17.8 Å². The van der Waals surface area contributed by atoms with E-state index in [0.29, 0.717) is 0 Å². The van der Waals surface area contributed by atoms with Crippen LogP contribution >= 0.6 is 0 Å². The second kappa shape index (κ2) is 4.91. The fraction of sp³-hybridized carbons (Fsp3) is 0.850. The van der Waals surface area contributed by atoms with Crippen LogP contribution in [0.15, 0.2) is 0 Å². The van der Waals surface area contributed by atoms with E-state index in [1.54, 1.807) is 20.8 Å². The largest absolute Gasteiger partial charge is 0.456 e. The number of carbonyl (C=O) groups is 3. The van der Waals surface area contributed by atoms with Gasteiger partial charge >= 0.3 is 17.9 Å². The van der Waals surface area contributed by atoms with Crippen LogP contribution < -0.4 is 0 Å². The minimum atomic E-state index is -2.40. The smallest absolute Gasteiger partial charge is 0.343 e. The molecule has 2 spiro atoms. The van der Waals surface area contributed by atoms with Crippen molar-refractivity contribution in [1.29, 1.82) is 0 Å². The summed E-state index contributed by atoms with van der Waals surface area (Å²) in [5.74, 6) is -5.22. The molecule has 11 nitrogen and oxygen atoms in total. The first-order valence-corrected chi connectivity index (χ1v) is 10.3. The predicted octanol–water partition coefficient (Wildman–Crippen LogP) is -2.40. The Hall–Kier alpha value is -1.79. The van der Waals surface area contributed by atoms with Gasteiger partial charge < -0.3 is 39.4 Å². The third-order valence-corrected chi connectivity index (χ3v) is 8.95. The van der Waals surface area contributed by atoms with Gasteiger partial charge in [0.2, 0.25) is 11.9 Å². The van der Waals surface area contributed by atoms with Crippen molar-refractivity contribution in [2.24, 2.45) is 28.1 Å². The molecule has 4 N–H and O–H groups in total. The van der Waals surface area contributed by atoms with Gasteiger partial charge in [-0.2, -0.15) is 0 Å².